The van der Waals surface area contributed by atoms with E-state index in [0.29, 0.717) is 0 Å². The number of likely N-dealkylation sites (N-methyl/N-ethyl adjacent to an activating group) is 1. The lowest BCUT2D eigenvalue weighted by Crippen LogP contribution is -2.44. The van der Waals surface area contributed by atoms with Crippen molar-refractivity contribution in [3.05, 3.63) is 71.8 Å². The zero-order valence-electron chi connectivity index (χ0n) is 20.3. The highest BCUT2D eigenvalue weighted by Crippen LogP contribution is 2.14. The first kappa shape index (κ1) is 27.9. The zero-order valence-corrected chi connectivity index (χ0v) is 20.3. The number of nitrogens with zero attached hydrogens (tertiary/aromatic N) is 1. The van der Waals surface area contributed by atoms with Crippen LogP contribution in [0, 0.1) is 0 Å². The molecule has 4 nitrogen and oxygen atoms in total. The fourth-order valence-corrected chi connectivity index (χ4v) is 3.89. The van der Waals surface area contributed by atoms with E-state index in [2.05, 4.69) is 51.4 Å². The molecule has 2 rings (SSSR count). The van der Waals surface area contributed by atoms with Crippen molar-refractivity contribution in [1.29, 1.82) is 0 Å². The molecule has 0 aliphatic carbocycles. The van der Waals surface area contributed by atoms with Gasteiger partial charge < -0.3 is 19.5 Å². The van der Waals surface area contributed by atoms with E-state index in [1.54, 1.807) is 18.2 Å². The number of quaternary nitrogens is 1. The smallest absolute Gasteiger partial charge is 0.105 e. The fourth-order valence-electron chi connectivity index (χ4n) is 3.89. The monoisotopic (exact) mass is 441 g/mol. The second kappa shape index (κ2) is 16.5. The van der Waals surface area contributed by atoms with Crippen molar-refractivity contribution in [3.63, 3.8) is 0 Å². The Morgan fingerprint density at radius 3 is 1.84 bits per heavy atom. The van der Waals surface area contributed by atoms with Crippen LogP contribution in [-0.2, 0) is 6.54 Å². The van der Waals surface area contributed by atoms with E-state index in [9.17, 15) is 15.0 Å². The van der Waals surface area contributed by atoms with Gasteiger partial charge in [0.15, 0.2) is 0 Å². The van der Waals surface area contributed by atoms with Gasteiger partial charge in [0.1, 0.15) is 19.2 Å². The highest BCUT2D eigenvalue weighted by Gasteiger charge is 2.20. The largest absolute Gasteiger partial charge is 0.545 e. The van der Waals surface area contributed by atoms with E-state index in [4.69, 9.17) is 0 Å². The Kier molecular flexibility index (Phi) is 14.3. The first-order valence-corrected chi connectivity index (χ1v) is 12.1. The number of aliphatic hydroxyl groups is 1. The minimum Gasteiger partial charge on any atom is -0.545 e. The predicted molar refractivity (Wildman–Crippen MR) is 131 cm³/mol. The van der Waals surface area contributed by atoms with Crippen molar-refractivity contribution in [2.45, 2.75) is 77.4 Å². The maximum atomic E-state index is 10.3. The molecule has 32 heavy (non-hydrogen) atoms. The summed E-state index contributed by atoms with van der Waals surface area (Å²) in [5, 5.41) is 20.4. The second-order valence-corrected chi connectivity index (χ2v) is 9.33. The van der Waals surface area contributed by atoms with Crippen LogP contribution in [0.15, 0.2) is 60.7 Å². The molecule has 1 unspecified atom stereocenters. The SMILES string of the molecule is CCCCCCCCCCC(O)C[N+](C)(C)Cc1ccccc1.O=C([O-])c1ccccc1. The lowest BCUT2D eigenvalue weighted by molar-refractivity contribution is -0.906. The molecule has 1 N–H and O–H groups in total. The number of rotatable bonds is 14. The third-order valence-electron chi connectivity index (χ3n) is 5.56. The first-order valence-electron chi connectivity index (χ1n) is 12.1. The summed E-state index contributed by atoms with van der Waals surface area (Å²) >= 11 is 0. The Morgan fingerprint density at radius 2 is 1.34 bits per heavy atom. The molecule has 0 heterocycles. The molecule has 0 aliphatic rings. The number of carbonyl (C=O) groups excluding carboxylic acids is 1. The topological polar surface area (TPSA) is 60.4 Å². The molecule has 0 radical (unpaired) electrons. The van der Waals surface area contributed by atoms with E-state index >= 15 is 0 Å². The summed E-state index contributed by atoms with van der Waals surface area (Å²) in [4.78, 5) is 10.1. The number of carbonyl (C=O) groups is 1. The van der Waals surface area contributed by atoms with Crippen LogP contribution < -0.4 is 5.11 Å². The Labute approximate surface area is 195 Å². The summed E-state index contributed by atoms with van der Waals surface area (Å²) in [6.07, 6.45) is 11.4. The lowest BCUT2D eigenvalue weighted by atomic mass is 10.0. The van der Waals surface area contributed by atoms with Crippen LogP contribution in [0.25, 0.3) is 0 Å². The van der Waals surface area contributed by atoms with Gasteiger partial charge in [0.25, 0.3) is 0 Å². The molecule has 2 aromatic rings. The summed E-state index contributed by atoms with van der Waals surface area (Å²) in [5.41, 5.74) is 1.56. The van der Waals surface area contributed by atoms with Gasteiger partial charge in [-0.25, -0.2) is 0 Å². The van der Waals surface area contributed by atoms with Gasteiger partial charge in [-0.15, -0.1) is 0 Å². The van der Waals surface area contributed by atoms with E-state index < -0.39 is 5.97 Å². The van der Waals surface area contributed by atoms with Gasteiger partial charge in [-0.3, -0.25) is 0 Å². The summed E-state index contributed by atoms with van der Waals surface area (Å²) < 4.78 is 0.849. The van der Waals surface area contributed by atoms with Gasteiger partial charge in [-0.05, 0) is 12.0 Å². The Balaban J connectivity index is 0.000000471. The van der Waals surface area contributed by atoms with Crippen molar-refractivity contribution in [2.75, 3.05) is 20.6 Å². The quantitative estimate of drug-likeness (QED) is 0.324. The van der Waals surface area contributed by atoms with Gasteiger partial charge in [-0.2, -0.15) is 0 Å². The van der Waals surface area contributed by atoms with Crippen LogP contribution in [0.4, 0.5) is 0 Å². The zero-order chi connectivity index (χ0) is 23.7. The standard InChI is InChI=1S/C21H38NO.C7H6O2/c1-4-5-6-7-8-9-10-14-17-21(23)19-22(2,3)18-20-15-12-11-13-16-20;8-7(9)6-4-2-1-3-5-6/h11-13,15-16,21,23H,4-10,14,17-19H2,1-3H3;1-5H,(H,8,9)/q+1;/p-1. The molecular weight excluding hydrogens is 398 g/mol. The molecule has 1 atom stereocenters. The third-order valence-corrected chi connectivity index (χ3v) is 5.56. The number of hydrogen-bond donors (Lipinski definition) is 1. The maximum Gasteiger partial charge on any atom is 0.105 e. The van der Waals surface area contributed by atoms with Crippen molar-refractivity contribution >= 4 is 5.97 Å². The number of carboxylic acids is 1. The van der Waals surface area contributed by atoms with Gasteiger partial charge in [0, 0.05) is 5.56 Å². The molecule has 178 valence electrons. The Morgan fingerprint density at radius 1 is 0.844 bits per heavy atom. The van der Waals surface area contributed by atoms with E-state index in [1.165, 1.54) is 69.1 Å². The van der Waals surface area contributed by atoms with Gasteiger partial charge >= 0.3 is 0 Å². The number of hydrogen-bond acceptors (Lipinski definition) is 3. The van der Waals surface area contributed by atoms with E-state index in [1.807, 2.05) is 0 Å². The highest BCUT2D eigenvalue weighted by molar-refractivity contribution is 5.85. The van der Waals surface area contributed by atoms with Crippen molar-refractivity contribution in [2.24, 2.45) is 0 Å². The summed E-state index contributed by atoms with van der Waals surface area (Å²) in [5.74, 6) is -1.13. The number of unbranched alkanes of at least 4 members (excludes halogenated alkanes) is 7. The van der Waals surface area contributed by atoms with Crippen molar-refractivity contribution in [1.82, 2.24) is 0 Å². The third kappa shape index (κ3) is 14.0. The summed E-state index contributed by atoms with van der Waals surface area (Å²) in [6.45, 7) is 4.08. The maximum absolute atomic E-state index is 10.3. The minimum atomic E-state index is -1.13. The van der Waals surface area contributed by atoms with Crippen LogP contribution in [0.2, 0.25) is 0 Å². The van der Waals surface area contributed by atoms with Gasteiger partial charge in [-0.1, -0.05) is 119 Å². The molecule has 0 aromatic heterocycles. The summed E-state index contributed by atoms with van der Waals surface area (Å²) in [6, 6.07) is 18.6. The number of aliphatic hydroxyl groups excluding tert-OH is 1. The van der Waals surface area contributed by atoms with Gasteiger partial charge in [0.05, 0.1) is 20.1 Å². The van der Waals surface area contributed by atoms with Crippen LogP contribution in [-0.4, -0.2) is 42.3 Å². The Bertz CT molecular complexity index is 716. The normalized spacial score (nSPS) is 12.0. The van der Waals surface area contributed by atoms with Gasteiger partial charge in [0.2, 0.25) is 0 Å². The van der Waals surface area contributed by atoms with Crippen molar-refractivity contribution < 1.29 is 19.5 Å². The Hall–Kier alpha value is -2.17. The van der Waals surface area contributed by atoms with E-state index in [0.717, 1.165) is 24.0 Å². The average Bonchev–Trinajstić information content (AvgIpc) is 2.76. The molecule has 4 heteroatoms. The molecule has 0 amide bonds. The molecule has 0 bridgehead atoms. The van der Waals surface area contributed by atoms with Crippen LogP contribution >= 0.6 is 0 Å². The fraction of sp³-hybridized carbons (Fsp3) is 0.536. The van der Waals surface area contributed by atoms with Crippen LogP contribution in [0.3, 0.4) is 0 Å². The molecule has 0 spiro atoms. The van der Waals surface area contributed by atoms with E-state index in [-0.39, 0.29) is 11.7 Å². The van der Waals surface area contributed by atoms with Crippen molar-refractivity contribution in [3.8, 4) is 0 Å². The predicted octanol–water partition coefficient (Wildman–Crippen LogP) is 5.20. The molecule has 0 aliphatic heterocycles. The van der Waals surface area contributed by atoms with Crippen LogP contribution in [0.1, 0.15) is 80.6 Å². The molecular formula is C28H43NO3. The highest BCUT2D eigenvalue weighted by atomic mass is 16.4. The molecule has 0 saturated carbocycles. The summed E-state index contributed by atoms with van der Waals surface area (Å²) in [7, 11) is 4.42. The number of carboxylic acid groups (broad SMARTS) is 1. The molecule has 2 aromatic carbocycles. The first-order chi connectivity index (χ1) is 15.3. The molecule has 0 fully saturated rings. The number of benzene rings is 2. The lowest BCUT2D eigenvalue weighted by Gasteiger charge is -2.32. The molecule has 0 saturated heterocycles. The number of aromatic carboxylic acids is 1. The average molecular weight is 442 g/mol. The second-order valence-electron chi connectivity index (χ2n) is 9.33. The minimum absolute atomic E-state index is 0.172. The van der Waals surface area contributed by atoms with Crippen LogP contribution in [0.5, 0.6) is 0 Å².